The van der Waals surface area contributed by atoms with E-state index in [4.69, 9.17) is 5.84 Å². The van der Waals surface area contributed by atoms with Crippen LogP contribution in [-0.4, -0.2) is 48.1 Å². The van der Waals surface area contributed by atoms with E-state index in [0.29, 0.717) is 12.0 Å². The number of aromatic nitrogens is 2. The number of hydrazine groups is 1. The van der Waals surface area contributed by atoms with Crippen molar-refractivity contribution in [3.8, 4) is 0 Å². The Bertz CT molecular complexity index is 379. The van der Waals surface area contributed by atoms with Crippen LogP contribution in [0.5, 0.6) is 0 Å². The zero-order chi connectivity index (χ0) is 13.7. The van der Waals surface area contributed by atoms with Crippen molar-refractivity contribution in [2.45, 2.75) is 26.8 Å². The number of hydrogen-bond donors (Lipinski definition) is 2. The molecule has 0 fully saturated rings. The van der Waals surface area contributed by atoms with Crippen molar-refractivity contribution < 1.29 is 0 Å². The highest BCUT2D eigenvalue weighted by Crippen LogP contribution is 2.17. The number of hydrogen-bond acceptors (Lipinski definition) is 6. The van der Waals surface area contributed by atoms with E-state index in [9.17, 15) is 0 Å². The van der Waals surface area contributed by atoms with Crippen LogP contribution in [0.25, 0.3) is 0 Å². The molecule has 0 aromatic carbocycles. The fourth-order valence-corrected chi connectivity index (χ4v) is 2.09. The van der Waals surface area contributed by atoms with Crippen LogP contribution in [0.3, 0.4) is 0 Å². The van der Waals surface area contributed by atoms with Crippen LogP contribution < -0.4 is 16.2 Å². The van der Waals surface area contributed by atoms with Gasteiger partial charge in [-0.2, -0.15) is 4.98 Å². The molecule has 0 spiro atoms. The van der Waals surface area contributed by atoms with Crippen LogP contribution in [0.1, 0.15) is 19.5 Å². The number of likely N-dealkylation sites (N-methyl/N-ethyl adjacent to an activating group) is 2. The monoisotopic (exact) mass is 252 g/mol. The average molecular weight is 252 g/mol. The smallest absolute Gasteiger partial charge is 0.239 e. The molecule has 1 heterocycles. The summed E-state index contributed by atoms with van der Waals surface area (Å²) in [7, 11) is 4.14. The molecule has 0 amide bonds. The second-order valence-corrected chi connectivity index (χ2v) is 4.73. The maximum atomic E-state index is 5.38. The molecule has 102 valence electrons. The topological polar surface area (TPSA) is 70.3 Å². The third kappa shape index (κ3) is 3.82. The molecular formula is C12H24N6. The molecule has 1 rings (SSSR count). The molecule has 1 atom stereocenters. The summed E-state index contributed by atoms with van der Waals surface area (Å²) in [6.45, 7) is 8.13. The molecule has 0 aliphatic rings. The van der Waals surface area contributed by atoms with Gasteiger partial charge in [0.1, 0.15) is 5.82 Å². The van der Waals surface area contributed by atoms with Gasteiger partial charge in [0.15, 0.2) is 0 Å². The van der Waals surface area contributed by atoms with Crippen molar-refractivity contribution in [2.24, 2.45) is 5.84 Å². The lowest BCUT2D eigenvalue weighted by Gasteiger charge is -2.31. The first-order valence-electron chi connectivity index (χ1n) is 6.21. The van der Waals surface area contributed by atoms with Crippen molar-refractivity contribution in [3.63, 3.8) is 0 Å². The maximum Gasteiger partial charge on any atom is 0.239 e. The van der Waals surface area contributed by atoms with Gasteiger partial charge in [0.25, 0.3) is 0 Å². The number of nitrogens with two attached hydrogens (primary N) is 1. The number of nitrogens with one attached hydrogen (secondary N) is 1. The normalized spacial score (nSPS) is 12.6. The zero-order valence-corrected chi connectivity index (χ0v) is 11.9. The Hall–Kier alpha value is -1.40. The largest absolute Gasteiger partial charge is 0.353 e. The summed E-state index contributed by atoms with van der Waals surface area (Å²) in [6, 6.07) is 2.36. The summed E-state index contributed by atoms with van der Waals surface area (Å²) < 4.78 is 0. The van der Waals surface area contributed by atoms with Gasteiger partial charge in [-0.1, -0.05) is 0 Å². The van der Waals surface area contributed by atoms with Crippen LogP contribution in [-0.2, 0) is 0 Å². The van der Waals surface area contributed by atoms with E-state index in [1.54, 1.807) is 0 Å². The van der Waals surface area contributed by atoms with Gasteiger partial charge < -0.3 is 9.80 Å². The summed E-state index contributed by atoms with van der Waals surface area (Å²) in [5.74, 6) is 6.75. The Morgan fingerprint density at radius 1 is 1.39 bits per heavy atom. The molecule has 6 heteroatoms. The summed E-state index contributed by atoms with van der Waals surface area (Å²) in [5.41, 5.74) is 3.41. The minimum absolute atomic E-state index is 0.380. The summed E-state index contributed by atoms with van der Waals surface area (Å²) >= 11 is 0. The van der Waals surface area contributed by atoms with Gasteiger partial charge >= 0.3 is 0 Å². The van der Waals surface area contributed by atoms with Crippen LogP contribution in [0, 0.1) is 6.92 Å². The Morgan fingerprint density at radius 2 is 2.06 bits per heavy atom. The average Bonchev–Trinajstić information content (AvgIpc) is 2.28. The summed E-state index contributed by atoms with van der Waals surface area (Å²) in [5, 5.41) is 0. The predicted molar refractivity (Wildman–Crippen MR) is 75.6 cm³/mol. The van der Waals surface area contributed by atoms with Gasteiger partial charge in [0.05, 0.1) is 0 Å². The van der Waals surface area contributed by atoms with E-state index < -0.39 is 0 Å². The molecule has 1 aromatic rings. The maximum absolute atomic E-state index is 5.38. The van der Waals surface area contributed by atoms with Crippen LogP contribution >= 0.6 is 0 Å². The Balaban J connectivity index is 2.97. The predicted octanol–water partition coefficient (Wildman–Crippen LogP) is 0.847. The SMILES string of the molecule is CCN(c1cc(C)nc(NN)n1)C(C)CN(C)C. The van der Waals surface area contributed by atoms with Crippen LogP contribution in [0.15, 0.2) is 6.07 Å². The van der Waals surface area contributed by atoms with Crippen molar-refractivity contribution >= 4 is 11.8 Å². The van der Waals surface area contributed by atoms with Gasteiger partial charge in [-0.05, 0) is 34.9 Å². The third-order valence-electron chi connectivity index (χ3n) is 2.77. The van der Waals surface area contributed by atoms with E-state index in [1.165, 1.54) is 0 Å². The highest BCUT2D eigenvalue weighted by atomic mass is 15.3. The molecular weight excluding hydrogens is 228 g/mol. The molecule has 6 nitrogen and oxygen atoms in total. The minimum Gasteiger partial charge on any atom is -0.353 e. The van der Waals surface area contributed by atoms with E-state index in [2.05, 4.69) is 53.1 Å². The lowest BCUT2D eigenvalue weighted by atomic mass is 10.2. The highest BCUT2D eigenvalue weighted by molar-refractivity contribution is 5.45. The molecule has 0 saturated heterocycles. The van der Waals surface area contributed by atoms with Gasteiger partial charge in [-0.3, -0.25) is 5.43 Å². The Kier molecular flexibility index (Phi) is 5.30. The second kappa shape index (κ2) is 6.51. The number of rotatable bonds is 6. The number of nitrogen functional groups attached to an aromatic ring is 1. The molecule has 0 bridgehead atoms. The molecule has 0 radical (unpaired) electrons. The van der Waals surface area contributed by atoms with E-state index >= 15 is 0 Å². The number of aryl methyl sites for hydroxylation is 1. The fourth-order valence-electron chi connectivity index (χ4n) is 2.09. The molecule has 1 unspecified atom stereocenters. The van der Waals surface area contributed by atoms with Crippen molar-refractivity contribution in [2.75, 3.05) is 37.5 Å². The minimum atomic E-state index is 0.380. The Morgan fingerprint density at radius 3 is 2.56 bits per heavy atom. The molecule has 3 N–H and O–H groups in total. The lowest BCUT2D eigenvalue weighted by Crippen LogP contribution is -2.40. The molecule has 1 aromatic heterocycles. The molecule has 0 aliphatic heterocycles. The quantitative estimate of drug-likeness (QED) is 0.578. The number of nitrogens with zero attached hydrogens (tertiary/aromatic N) is 4. The van der Waals surface area contributed by atoms with Crippen molar-refractivity contribution in [3.05, 3.63) is 11.8 Å². The second-order valence-electron chi connectivity index (χ2n) is 4.73. The van der Waals surface area contributed by atoms with Crippen molar-refractivity contribution in [1.82, 2.24) is 14.9 Å². The van der Waals surface area contributed by atoms with E-state index in [-0.39, 0.29) is 0 Å². The van der Waals surface area contributed by atoms with Gasteiger partial charge in [0, 0.05) is 30.9 Å². The summed E-state index contributed by atoms with van der Waals surface area (Å²) in [4.78, 5) is 13.0. The van der Waals surface area contributed by atoms with Gasteiger partial charge in [-0.25, -0.2) is 10.8 Å². The van der Waals surface area contributed by atoms with Gasteiger partial charge in [0.2, 0.25) is 5.95 Å². The first kappa shape index (κ1) is 14.7. The van der Waals surface area contributed by atoms with Crippen molar-refractivity contribution in [1.29, 1.82) is 0 Å². The fraction of sp³-hybridized carbons (Fsp3) is 0.667. The van der Waals surface area contributed by atoms with E-state index in [1.807, 2.05) is 13.0 Å². The van der Waals surface area contributed by atoms with E-state index in [0.717, 1.165) is 24.6 Å². The molecule has 0 saturated carbocycles. The van der Waals surface area contributed by atoms with Crippen LogP contribution in [0.4, 0.5) is 11.8 Å². The first-order valence-corrected chi connectivity index (χ1v) is 6.21. The number of anilines is 2. The molecule has 0 aliphatic carbocycles. The standard InChI is InChI=1S/C12H24N6/c1-6-18(10(3)8-17(4)5)11-7-9(2)14-12(15-11)16-13/h7,10H,6,8,13H2,1-5H3,(H,14,15,16). The zero-order valence-electron chi connectivity index (χ0n) is 11.9. The van der Waals surface area contributed by atoms with Crippen LogP contribution in [0.2, 0.25) is 0 Å². The third-order valence-corrected chi connectivity index (χ3v) is 2.77. The lowest BCUT2D eigenvalue weighted by molar-refractivity contribution is 0.372. The molecule has 18 heavy (non-hydrogen) atoms. The highest BCUT2D eigenvalue weighted by Gasteiger charge is 2.16. The summed E-state index contributed by atoms with van der Waals surface area (Å²) in [6.07, 6.45) is 0. The Labute approximate surface area is 109 Å². The van der Waals surface area contributed by atoms with Gasteiger partial charge in [-0.15, -0.1) is 0 Å². The first-order chi connectivity index (χ1) is 8.47.